The van der Waals surface area contributed by atoms with E-state index in [-0.39, 0.29) is 25.2 Å². The number of primary amides is 1. The van der Waals surface area contributed by atoms with E-state index in [9.17, 15) is 18.8 Å². The Morgan fingerprint density at radius 3 is 2.77 bits per heavy atom. The van der Waals surface area contributed by atoms with Gasteiger partial charge >= 0.3 is 0 Å². The number of nitrogens with zero attached hydrogens (tertiary/aromatic N) is 6. The van der Waals surface area contributed by atoms with Crippen LogP contribution in [0.1, 0.15) is 16.9 Å². The first kappa shape index (κ1) is 24.6. The van der Waals surface area contributed by atoms with Crippen LogP contribution in [0.3, 0.4) is 0 Å². The molecule has 3 N–H and O–H groups in total. The van der Waals surface area contributed by atoms with Crippen molar-refractivity contribution in [2.75, 3.05) is 11.9 Å². The lowest BCUT2D eigenvalue weighted by atomic mass is 10.0. The highest BCUT2D eigenvalue weighted by molar-refractivity contribution is 7.16. The van der Waals surface area contributed by atoms with Gasteiger partial charge in [0.1, 0.15) is 18.8 Å². The van der Waals surface area contributed by atoms with E-state index in [0.29, 0.717) is 16.6 Å². The Morgan fingerprint density at radius 1 is 1.10 bits per heavy atom. The molecule has 1 saturated heterocycles. The summed E-state index contributed by atoms with van der Waals surface area (Å²) in [5.41, 5.74) is 10.7. The molecule has 2 atom stereocenters. The summed E-state index contributed by atoms with van der Waals surface area (Å²) in [6.07, 6.45) is 1.67. The van der Waals surface area contributed by atoms with E-state index in [2.05, 4.69) is 25.6 Å². The van der Waals surface area contributed by atoms with Crippen LogP contribution in [0.4, 0.5) is 10.1 Å². The number of thiazole rings is 1. The van der Waals surface area contributed by atoms with Crippen molar-refractivity contribution in [3.63, 3.8) is 0 Å². The molecule has 5 aromatic rings. The minimum Gasteiger partial charge on any atom is -0.364 e. The van der Waals surface area contributed by atoms with Gasteiger partial charge in [-0.2, -0.15) is 15.3 Å². The van der Waals surface area contributed by atoms with Crippen molar-refractivity contribution in [1.82, 2.24) is 29.9 Å². The molecular weight excluding hydrogens is 523 g/mol. The number of halogens is 1. The molecule has 2 aromatic carbocycles. The van der Waals surface area contributed by atoms with Crippen LogP contribution in [0, 0.1) is 0 Å². The van der Waals surface area contributed by atoms with Crippen LogP contribution in [0.15, 0.2) is 60.4 Å². The SMILES string of the molecule is NC(=O)c1nn(CC(=O)N2CC(F)CC2C(=O)Nc2ccc3ncsc3c2)c2ccc(-c3ccnnc3)cc12. The second-order valence-corrected chi connectivity index (χ2v) is 10.0. The second-order valence-electron chi connectivity index (χ2n) is 9.15. The van der Waals surface area contributed by atoms with Gasteiger partial charge in [0.05, 0.1) is 40.2 Å². The molecule has 1 aliphatic rings. The molecular formula is C26H21FN8O3S. The Kier molecular flexibility index (Phi) is 6.19. The topological polar surface area (TPSA) is 149 Å². The van der Waals surface area contributed by atoms with E-state index in [0.717, 1.165) is 21.3 Å². The number of amides is 3. The van der Waals surface area contributed by atoms with Crippen molar-refractivity contribution in [1.29, 1.82) is 0 Å². The lowest BCUT2D eigenvalue weighted by Gasteiger charge is -2.23. The average Bonchev–Trinajstić information content (AvgIpc) is 3.65. The summed E-state index contributed by atoms with van der Waals surface area (Å²) in [6.45, 7) is -0.519. The Bertz CT molecular complexity index is 1740. The standard InChI is InChI=1S/C26H21FN8O3S/c27-16-8-21(26(38)32-17-2-3-19-22(9-17)39-13-29-19)34(11-16)23(36)12-35-20-4-1-14(15-5-6-30-31-10-15)7-18(20)24(33-35)25(28)37/h1-7,9-10,13,16,21H,8,11-12H2,(H2,28,37)(H,32,38). The maximum absolute atomic E-state index is 14.5. The molecule has 0 bridgehead atoms. The van der Waals surface area contributed by atoms with Crippen molar-refractivity contribution in [2.24, 2.45) is 5.73 Å². The molecule has 0 aliphatic carbocycles. The van der Waals surface area contributed by atoms with E-state index in [1.165, 1.54) is 20.9 Å². The first-order valence-electron chi connectivity index (χ1n) is 12.0. The minimum absolute atomic E-state index is 0.000734. The first-order valence-corrected chi connectivity index (χ1v) is 12.9. The predicted molar refractivity (Wildman–Crippen MR) is 143 cm³/mol. The van der Waals surface area contributed by atoms with Gasteiger partial charge in [-0.25, -0.2) is 9.37 Å². The molecule has 3 aromatic heterocycles. The third kappa shape index (κ3) is 4.68. The Labute approximate surface area is 224 Å². The van der Waals surface area contributed by atoms with Crippen LogP contribution in [0.5, 0.6) is 0 Å². The third-order valence-corrected chi connectivity index (χ3v) is 7.45. The number of nitrogens with two attached hydrogens (primary N) is 1. The number of benzene rings is 2. The van der Waals surface area contributed by atoms with E-state index in [4.69, 9.17) is 5.73 Å². The number of anilines is 1. The van der Waals surface area contributed by atoms with Crippen LogP contribution in [-0.2, 0) is 16.1 Å². The Hall–Kier alpha value is -4.78. The molecule has 0 radical (unpaired) electrons. The quantitative estimate of drug-likeness (QED) is 0.334. The molecule has 3 amide bonds. The molecule has 2 unspecified atom stereocenters. The molecule has 11 nitrogen and oxygen atoms in total. The summed E-state index contributed by atoms with van der Waals surface area (Å²) >= 11 is 1.44. The van der Waals surface area contributed by atoms with Crippen LogP contribution in [0.2, 0.25) is 0 Å². The second kappa shape index (κ2) is 9.83. The number of carbonyl (C=O) groups is 3. The van der Waals surface area contributed by atoms with Gasteiger partial charge < -0.3 is 16.0 Å². The minimum atomic E-state index is -1.35. The fourth-order valence-electron chi connectivity index (χ4n) is 4.81. The summed E-state index contributed by atoms with van der Waals surface area (Å²) in [6, 6.07) is 11.3. The highest BCUT2D eigenvalue weighted by atomic mass is 32.1. The van der Waals surface area contributed by atoms with Gasteiger partial charge in [0.15, 0.2) is 5.69 Å². The number of hydrogen-bond donors (Lipinski definition) is 2. The van der Waals surface area contributed by atoms with Gasteiger partial charge in [0.2, 0.25) is 11.8 Å². The highest BCUT2D eigenvalue weighted by Crippen LogP contribution is 2.28. The monoisotopic (exact) mass is 544 g/mol. The van der Waals surface area contributed by atoms with Gasteiger partial charge in [0.25, 0.3) is 5.91 Å². The van der Waals surface area contributed by atoms with E-state index in [1.807, 2.05) is 0 Å². The number of likely N-dealkylation sites (tertiary alicyclic amines) is 1. The van der Waals surface area contributed by atoms with E-state index >= 15 is 0 Å². The number of rotatable bonds is 6. The molecule has 196 valence electrons. The number of aromatic nitrogens is 5. The summed E-state index contributed by atoms with van der Waals surface area (Å²) in [5.74, 6) is -1.74. The molecule has 0 spiro atoms. The lowest BCUT2D eigenvalue weighted by Crippen LogP contribution is -2.44. The fourth-order valence-corrected chi connectivity index (χ4v) is 5.53. The molecule has 1 fully saturated rings. The smallest absolute Gasteiger partial charge is 0.269 e. The summed E-state index contributed by atoms with van der Waals surface area (Å²) in [5, 5.41) is 15.2. The van der Waals surface area contributed by atoms with Crippen LogP contribution in [-0.4, -0.2) is 66.3 Å². The predicted octanol–water partition coefficient (Wildman–Crippen LogP) is 2.78. The first-order chi connectivity index (χ1) is 18.9. The van der Waals surface area contributed by atoms with Gasteiger partial charge in [-0.05, 0) is 42.0 Å². The van der Waals surface area contributed by atoms with Gasteiger partial charge in [-0.15, -0.1) is 11.3 Å². The molecule has 0 saturated carbocycles. The van der Waals surface area contributed by atoms with Crippen molar-refractivity contribution in [2.45, 2.75) is 25.2 Å². The number of nitrogens with one attached hydrogen (secondary N) is 1. The zero-order valence-corrected chi connectivity index (χ0v) is 21.1. The highest BCUT2D eigenvalue weighted by Gasteiger charge is 2.40. The molecule has 6 rings (SSSR count). The zero-order chi connectivity index (χ0) is 27.1. The number of hydrogen-bond acceptors (Lipinski definition) is 8. The van der Waals surface area contributed by atoms with Gasteiger partial charge in [-0.1, -0.05) is 6.07 Å². The largest absolute Gasteiger partial charge is 0.364 e. The van der Waals surface area contributed by atoms with E-state index in [1.54, 1.807) is 60.4 Å². The summed E-state index contributed by atoms with van der Waals surface area (Å²) < 4.78 is 16.7. The van der Waals surface area contributed by atoms with Crippen molar-refractivity contribution in [3.8, 4) is 11.1 Å². The normalized spacial score (nSPS) is 17.1. The van der Waals surface area contributed by atoms with Crippen LogP contribution in [0.25, 0.3) is 32.2 Å². The van der Waals surface area contributed by atoms with Crippen molar-refractivity contribution < 1.29 is 18.8 Å². The molecule has 39 heavy (non-hydrogen) atoms. The van der Waals surface area contributed by atoms with Gasteiger partial charge in [0, 0.05) is 23.1 Å². The maximum atomic E-state index is 14.5. The average molecular weight is 545 g/mol. The molecule has 13 heteroatoms. The molecule has 1 aliphatic heterocycles. The van der Waals surface area contributed by atoms with Crippen molar-refractivity contribution in [3.05, 3.63) is 66.1 Å². The summed E-state index contributed by atoms with van der Waals surface area (Å²) in [7, 11) is 0. The Morgan fingerprint density at radius 2 is 1.97 bits per heavy atom. The fraction of sp³-hybridized carbons (Fsp3) is 0.192. The van der Waals surface area contributed by atoms with Crippen molar-refractivity contribution >= 4 is 55.9 Å². The van der Waals surface area contributed by atoms with Gasteiger partial charge in [-0.3, -0.25) is 19.1 Å². The lowest BCUT2D eigenvalue weighted by molar-refractivity contribution is -0.137. The number of fused-ring (bicyclic) bond motifs is 2. The third-order valence-electron chi connectivity index (χ3n) is 6.66. The molecule has 4 heterocycles. The number of alkyl halides is 1. The zero-order valence-electron chi connectivity index (χ0n) is 20.3. The Balaban J connectivity index is 1.25. The number of carbonyl (C=O) groups excluding carboxylic acids is 3. The van der Waals surface area contributed by atoms with E-state index < -0.39 is 29.9 Å². The maximum Gasteiger partial charge on any atom is 0.269 e. The van der Waals surface area contributed by atoms with Crippen LogP contribution < -0.4 is 11.1 Å². The summed E-state index contributed by atoms with van der Waals surface area (Å²) in [4.78, 5) is 44.1. The van der Waals surface area contributed by atoms with Crippen LogP contribution >= 0.6 is 11.3 Å².